The van der Waals surface area contributed by atoms with E-state index in [4.69, 9.17) is 0 Å². The molecule has 1 fully saturated rings. The van der Waals surface area contributed by atoms with Crippen LogP contribution in [0.1, 0.15) is 43.0 Å². The van der Waals surface area contributed by atoms with E-state index in [1.54, 1.807) is 0 Å². The van der Waals surface area contributed by atoms with Gasteiger partial charge >= 0.3 is 0 Å². The topological polar surface area (TPSA) is 52.9 Å². The average molecular weight is 278 g/mol. The van der Waals surface area contributed by atoms with Crippen molar-refractivity contribution in [1.82, 2.24) is 5.32 Å². The van der Waals surface area contributed by atoms with Crippen molar-refractivity contribution in [1.29, 1.82) is 5.26 Å². The van der Waals surface area contributed by atoms with E-state index in [0.717, 1.165) is 31.0 Å². The van der Waals surface area contributed by atoms with Gasteiger partial charge in [-0.05, 0) is 49.8 Å². The van der Waals surface area contributed by atoms with Gasteiger partial charge in [0.1, 0.15) is 17.2 Å². The second-order valence-corrected chi connectivity index (χ2v) is 5.45. The van der Waals surface area contributed by atoms with E-state index in [1.807, 2.05) is 0 Å². The van der Waals surface area contributed by atoms with Gasteiger partial charge in [-0.1, -0.05) is 6.92 Å². The Morgan fingerprint density at radius 1 is 1.40 bits per heavy atom. The molecule has 0 unspecified atom stereocenters. The van der Waals surface area contributed by atoms with Crippen molar-refractivity contribution >= 4 is 5.91 Å². The van der Waals surface area contributed by atoms with Crippen LogP contribution >= 0.6 is 0 Å². The van der Waals surface area contributed by atoms with E-state index in [9.17, 15) is 18.8 Å². The number of hydrogen-bond donors (Lipinski definition) is 1. The molecule has 3 nitrogen and oxygen atoms in total. The molecule has 1 saturated carbocycles. The second kappa shape index (κ2) is 5.58. The molecule has 1 amide bonds. The van der Waals surface area contributed by atoms with Crippen molar-refractivity contribution in [3.8, 4) is 6.07 Å². The minimum absolute atomic E-state index is 0.363. The van der Waals surface area contributed by atoms with Crippen LogP contribution in [0, 0.1) is 28.9 Å². The normalized spacial score (nSPS) is 25.8. The highest BCUT2D eigenvalue weighted by atomic mass is 19.1. The lowest BCUT2D eigenvalue weighted by Crippen LogP contribution is -2.49. The van der Waals surface area contributed by atoms with E-state index >= 15 is 0 Å². The van der Waals surface area contributed by atoms with Crippen LogP contribution in [0.5, 0.6) is 0 Å². The Bertz CT molecular complexity index is 557. The van der Waals surface area contributed by atoms with Crippen molar-refractivity contribution < 1.29 is 13.6 Å². The minimum Gasteiger partial charge on any atom is -0.334 e. The maximum atomic E-state index is 13.6. The summed E-state index contributed by atoms with van der Waals surface area (Å²) in [6, 6.07) is 4.83. The molecule has 2 rings (SSSR count). The number of rotatable bonds is 2. The molecule has 1 aromatic carbocycles. The van der Waals surface area contributed by atoms with Gasteiger partial charge in [0.2, 0.25) is 0 Å². The van der Waals surface area contributed by atoms with Crippen molar-refractivity contribution in [2.75, 3.05) is 0 Å². The van der Waals surface area contributed by atoms with Gasteiger partial charge in [0, 0.05) is 0 Å². The largest absolute Gasteiger partial charge is 0.334 e. The van der Waals surface area contributed by atoms with E-state index < -0.39 is 23.1 Å². The zero-order chi connectivity index (χ0) is 14.8. The summed E-state index contributed by atoms with van der Waals surface area (Å²) in [5.74, 6) is -1.70. The van der Waals surface area contributed by atoms with Crippen LogP contribution in [0.3, 0.4) is 0 Å². The molecule has 1 N–H and O–H groups in total. The van der Waals surface area contributed by atoms with Crippen LogP contribution in [-0.4, -0.2) is 11.4 Å². The molecule has 0 heterocycles. The van der Waals surface area contributed by atoms with Crippen LogP contribution in [-0.2, 0) is 0 Å². The average Bonchev–Trinajstić information content (AvgIpc) is 2.44. The van der Waals surface area contributed by atoms with Gasteiger partial charge in [0.05, 0.1) is 11.6 Å². The lowest BCUT2D eigenvalue weighted by molar-refractivity contribution is 0.0889. The molecule has 106 valence electrons. The SMILES string of the molecule is CC1CCC(C#N)(NC(=O)c2cc(F)ccc2F)CC1. The lowest BCUT2D eigenvalue weighted by Gasteiger charge is -2.34. The van der Waals surface area contributed by atoms with Crippen LogP contribution in [0.25, 0.3) is 0 Å². The molecule has 0 radical (unpaired) electrons. The van der Waals surface area contributed by atoms with E-state index in [0.29, 0.717) is 18.8 Å². The highest BCUT2D eigenvalue weighted by Crippen LogP contribution is 2.31. The van der Waals surface area contributed by atoms with Gasteiger partial charge in [-0.2, -0.15) is 5.26 Å². The number of hydrogen-bond acceptors (Lipinski definition) is 2. The van der Waals surface area contributed by atoms with E-state index in [-0.39, 0.29) is 5.56 Å². The number of nitrogens with one attached hydrogen (secondary N) is 1. The first-order chi connectivity index (χ1) is 9.46. The van der Waals surface area contributed by atoms with E-state index in [2.05, 4.69) is 18.3 Å². The van der Waals surface area contributed by atoms with Gasteiger partial charge in [-0.3, -0.25) is 4.79 Å². The smallest absolute Gasteiger partial charge is 0.255 e. The molecule has 0 aromatic heterocycles. The Hall–Kier alpha value is -1.96. The predicted molar refractivity (Wildman–Crippen MR) is 69.8 cm³/mol. The number of halogens is 2. The molecular weight excluding hydrogens is 262 g/mol. The number of amides is 1. The molecule has 0 aliphatic heterocycles. The summed E-state index contributed by atoms with van der Waals surface area (Å²) in [5, 5.41) is 11.9. The number of carbonyl (C=O) groups is 1. The van der Waals surface area contributed by atoms with Gasteiger partial charge in [0.25, 0.3) is 5.91 Å². The molecule has 5 heteroatoms. The Morgan fingerprint density at radius 2 is 2.05 bits per heavy atom. The maximum Gasteiger partial charge on any atom is 0.255 e. The van der Waals surface area contributed by atoms with Gasteiger partial charge in [0.15, 0.2) is 0 Å². The molecule has 0 bridgehead atoms. The van der Waals surface area contributed by atoms with Gasteiger partial charge < -0.3 is 5.32 Å². The summed E-state index contributed by atoms with van der Waals surface area (Å²) in [6.45, 7) is 2.09. The number of nitriles is 1. The summed E-state index contributed by atoms with van der Waals surface area (Å²) in [6.07, 6.45) is 2.74. The summed E-state index contributed by atoms with van der Waals surface area (Å²) >= 11 is 0. The molecule has 0 spiro atoms. The molecule has 0 saturated heterocycles. The Kier molecular flexibility index (Phi) is 4.03. The Labute approximate surface area is 116 Å². The van der Waals surface area contributed by atoms with Crippen molar-refractivity contribution in [3.63, 3.8) is 0 Å². The molecule has 0 atom stereocenters. The Balaban J connectivity index is 2.18. The number of carbonyl (C=O) groups excluding carboxylic acids is 1. The first-order valence-corrected chi connectivity index (χ1v) is 6.64. The van der Waals surface area contributed by atoms with Crippen molar-refractivity contribution in [3.05, 3.63) is 35.4 Å². The highest BCUT2D eigenvalue weighted by molar-refractivity contribution is 5.95. The standard InChI is InChI=1S/C15H16F2N2O/c1-10-4-6-15(9-18,7-5-10)19-14(20)12-8-11(16)2-3-13(12)17/h2-3,8,10H,4-7H2,1H3,(H,19,20). The summed E-state index contributed by atoms with van der Waals surface area (Å²) < 4.78 is 26.7. The summed E-state index contributed by atoms with van der Waals surface area (Å²) in [7, 11) is 0. The first kappa shape index (κ1) is 14.4. The summed E-state index contributed by atoms with van der Waals surface area (Å²) in [4.78, 5) is 12.1. The monoisotopic (exact) mass is 278 g/mol. The number of nitrogens with zero attached hydrogens (tertiary/aromatic N) is 1. The second-order valence-electron chi connectivity index (χ2n) is 5.45. The Morgan fingerprint density at radius 3 is 2.65 bits per heavy atom. The summed E-state index contributed by atoms with van der Waals surface area (Å²) in [5.41, 5.74) is -1.33. The third-order valence-electron chi connectivity index (χ3n) is 3.87. The maximum absolute atomic E-state index is 13.6. The molecule has 1 aliphatic carbocycles. The predicted octanol–water partition coefficient (Wildman–Crippen LogP) is 3.17. The zero-order valence-corrected chi connectivity index (χ0v) is 11.2. The van der Waals surface area contributed by atoms with E-state index in [1.165, 1.54) is 0 Å². The fraction of sp³-hybridized carbons (Fsp3) is 0.467. The molecular formula is C15H16F2N2O. The minimum atomic E-state index is -0.970. The van der Waals surface area contributed by atoms with Crippen molar-refractivity contribution in [2.24, 2.45) is 5.92 Å². The van der Waals surface area contributed by atoms with Crippen LogP contribution in [0.4, 0.5) is 8.78 Å². The molecule has 1 aliphatic rings. The van der Waals surface area contributed by atoms with Crippen LogP contribution in [0.15, 0.2) is 18.2 Å². The highest BCUT2D eigenvalue weighted by Gasteiger charge is 2.36. The van der Waals surface area contributed by atoms with Crippen LogP contribution in [0.2, 0.25) is 0 Å². The fourth-order valence-electron chi connectivity index (χ4n) is 2.48. The lowest BCUT2D eigenvalue weighted by atomic mass is 9.78. The van der Waals surface area contributed by atoms with Gasteiger partial charge in [-0.25, -0.2) is 8.78 Å². The molecule has 20 heavy (non-hydrogen) atoms. The molecule has 1 aromatic rings. The zero-order valence-electron chi connectivity index (χ0n) is 11.2. The number of benzene rings is 1. The van der Waals surface area contributed by atoms with Crippen molar-refractivity contribution in [2.45, 2.75) is 38.1 Å². The van der Waals surface area contributed by atoms with Crippen LogP contribution < -0.4 is 5.32 Å². The quantitative estimate of drug-likeness (QED) is 0.903. The van der Waals surface area contributed by atoms with Gasteiger partial charge in [-0.15, -0.1) is 0 Å². The third-order valence-corrected chi connectivity index (χ3v) is 3.87. The fourth-order valence-corrected chi connectivity index (χ4v) is 2.48. The first-order valence-electron chi connectivity index (χ1n) is 6.64. The third kappa shape index (κ3) is 2.96.